The van der Waals surface area contributed by atoms with Crippen LogP contribution in [0.1, 0.15) is 31.2 Å². The Bertz CT molecular complexity index is 745. The summed E-state index contributed by atoms with van der Waals surface area (Å²) in [4.78, 5) is 14.4. The lowest BCUT2D eigenvalue weighted by Crippen LogP contribution is -2.57. The van der Waals surface area contributed by atoms with Gasteiger partial charge in [-0.2, -0.15) is 4.31 Å². The van der Waals surface area contributed by atoms with Crippen molar-refractivity contribution in [3.63, 3.8) is 0 Å². The minimum atomic E-state index is -3.28. The molecule has 3 aliphatic rings. The van der Waals surface area contributed by atoms with Crippen LogP contribution >= 0.6 is 0 Å². The minimum absolute atomic E-state index is 0.147. The summed E-state index contributed by atoms with van der Waals surface area (Å²) in [5.41, 5.74) is 1.05. The van der Waals surface area contributed by atoms with Gasteiger partial charge in [-0.1, -0.05) is 30.3 Å². The van der Waals surface area contributed by atoms with E-state index >= 15 is 0 Å². The van der Waals surface area contributed by atoms with Gasteiger partial charge in [0.1, 0.15) is 0 Å². The number of sulfonamides is 1. The highest BCUT2D eigenvalue weighted by molar-refractivity contribution is 7.88. The lowest BCUT2D eigenvalue weighted by atomic mass is 9.69. The first-order chi connectivity index (χ1) is 11.4. The largest absolute Gasteiger partial charge is 0.341 e. The van der Waals surface area contributed by atoms with E-state index in [4.69, 9.17) is 0 Å². The van der Waals surface area contributed by atoms with Crippen LogP contribution in [0, 0.1) is 5.92 Å². The quantitative estimate of drug-likeness (QED) is 0.834. The predicted molar refractivity (Wildman–Crippen MR) is 92.0 cm³/mol. The Morgan fingerprint density at radius 1 is 1.12 bits per heavy atom. The Morgan fingerprint density at radius 3 is 2.42 bits per heavy atom. The van der Waals surface area contributed by atoms with Gasteiger partial charge >= 0.3 is 0 Å². The number of amides is 1. The molecule has 2 heterocycles. The van der Waals surface area contributed by atoms with Crippen molar-refractivity contribution in [2.75, 3.05) is 25.9 Å². The molecule has 24 heavy (non-hydrogen) atoms. The van der Waals surface area contributed by atoms with Gasteiger partial charge in [0.15, 0.2) is 0 Å². The van der Waals surface area contributed by atoms with Crippen molar-refractivity contribution >= 4 is 15.9 Å². The van der Waals surface area contributed by atoms with Gasteiger partial charge < -0.3 is 4.90 Å². The summed E-state index contributed by atoms with van der Waals surface area (Å²) in [6.07, 6.45) is 4.93. The average Bonchev–Trinajstić information content (AvgIpc) is 3.33. The molecule has 5 nitrogen and oxygen atoms in total. The van der Waals surface area contributed by atoms with E-state index < -0.39 is 10.0 Å². The smallest absolute Gasteiger partial charge is 0.225 e. The van der Waals surface area contributed by atoms with Crippen LogP contribution in [0.2, 0.25) is 0 Å². The standard InChI is InChI=1S/C18H24N2O3S/c1-24(22,23)20-12-10-18(15-5-3-2-4-6-15)9-11-19(13-16(18)20)17(21)14-7-8-14/h2-6,14,16H,7-13H2,1H3/t16-,18+/m1/s1. The van der Waals surface area contributed by atoms with E-state index in [1.54, 1.807) is 4.31 Å². The van der Waals surface area contributed by atoms with E-state index in [0.717, 1.165) is 32.2 Å². The third-order valence-electron chi connectivity index (χ3n) is 6.00. The summed E-state index contributed by atoms with van der Waals surface area (Å²) >= 11 is 0. The van der Waals surface area contributed by atoms with Crippen LogP contribution in [0.3, 0.4) is 0 Å². The fourth-order valence-electron chi connectivity index (χ4n) is 4.54. The number of carbonyl (C=O) groups is 1. The fraction of sp³-hybridized carbons (Fsp3) is 0.611. The molecule has 2 saturated heterocycles. The van der Waals surface area contributed by atoms with Crippen LogP contribution in [0.15, 0.2) is 30.3 Å². The fourth-order valence-corrected chi connectivity index (χ4v) is 5.69. The number of likely N-dealkylation sites (tertiary alicyclic amines) is 1. The van der Waals surface area contributed by atoms with Gasteiger partial charge in [-0.05, 0) is 31.2 Å². The van der Waals surface area contributed by atoms with Crippen molar-refractivity contribution in [2.45, 2.75) is 37.1 Å². The molecule has 6 heteroatoms. The third-order valence-corrected chi connectivity index (χ3v) is 7.29. The van der Waals surface area contributed by atoms with E-state index in [-0.39, 0.29) is 23.3 Å². The zero-order chi connectivity index (χ0) is 16.9. The second-order valence-corrected chi connectivity index (χ2v) is 9.41. The van der Waals surface area contributed by atoms with Crippen molar-refractivity contribution in [2.24, 2.45) is 5.92 Å². The van der Waals surface area contributed by atoms with Crippen LogP contribution in [0.5, 0.6) is 0 Å². The molecule has 0 spiro atoms. The van der Waals surface area contributed by atoms with E-state index in [0.29, 0.717) is 13.1 Å². The SMILES string of the molecule is CS(=O)(=O)N1CC[C@]2(c3ccccc3)CCN(C(=O)C3CC3)C[C@@H]12. The molecule has 0 aromatic heterocycles. The zero-order valence-electron chi connectivity index (χ0n) is 14.0. The lowest BCUT2D eigenvalue weighted by Gasteiger charge is -2.46. The second kappa shape index (κ2) is 5.56. The molecule has 1 amide bonds. The third kappa shape index (κ3) is 2.56. The normalized spacial score (nSPS) is 31.0. The molecule has 3 fully saturated rings. The van der Waals surface area contributed by atoms with Crippen LogP contribution in [-0.4, -0.2) is 55.5 Å². The van der Waals surface area contributed by atoms with Crippen molar-refractivity contribution in [1.29, 1.82) is 0 Å². The molecule has 0 unspecified atom stereocenters. The van der Waals surface area contributed by atoms with E-state index in [2.05, 4.69) is 12.1 Å². The molecule has 130 valence electrons. The molecular weight excluding hydrogens is 324 g/mol. The maximum absolute atomic E-state index is 12.5. The zero-order valence-corrected chi connectivity index (χ0v) is 14.8. The molecule has 0 radical (unpaired) electrons. The van der Waals surface area contributed by atoms with Gasteiger partial charge in [0.2, 0.25) is 15.9 Å². The lowest BCUT2D eigenvalue weighted by molar-refractivity contribution is -0.135. The van der Waals surface area contributed by atoms with Gasteiger partial charge in [-0.15, -0.1) is 0 Å². The van der Waals surface area contributed by atoms with Gasteiger partial charge in [0, 0.05) is 31.0 Å². The minimum Gasteiger partial charge on any atom is -0.341 e. The van der Waals surface area contributed by atoms with Crippen molar-refractivity contribution in [3.05, 3.63) is 35.9 Å². The molecule has 1 aromatic carbocycles. The van der Waals surface area contributed by atoms with Crippen LogP contribution < -0.4 is 0 Å². The molecule has 0 bridgehead atoms. The summed E-state index contributed by atoms with van der Waals surface area (Å²) < 4.78 is 26.2. The summed E-state index contributed by atoms with van der Waals surface area (Å²) in [6.45, 7) is 1.81. The second-order valence-electron chi connectivity index (χ2n) is 7.47. The Hall–Kier alpha value is -1.40. The molecule has 4 rings (SSSR count). The number of piperidine rings is 1. The Balaban J connectivity index is 1.70. The summed E-state index contributed by atoms with van der Waals surface area (Å²) in [6, 6.07) is 10.1. The molecule has 2 aliphatic heterocycles. The van der Waals surface area contributed by atoms with Gasteiger partial charge in [-0.3, -0.25) is 4.79 Å². The number of carbonyl (C=O) groups excluding carboxylic acids is 1. The first kappa shape index (κ1) is 16.1. The summed E-state index contributed by atoms with van der Waals surface area (Å²) in [7, 11) is -3.28. The van der Waals surface area contributed by atoms with Gasteiger partial charge in [-0.25, -0.2) is 8.42 Å². The maximum Gasteiger partial charge on any atom is 0.225 e. The van der Waals surface area contributed by atoms with Gasteiger partial charge in [0.25, 0.3) is 0 Å². The Morgan fingerprint density at radius 2 is 1.79 bits per heavy atom. The van der Waals surface area contributed by atoms with Gasteiger partial charge in [0.05, 0.1) is 12.3 Å². The predicted octanol–water partition coefficient (Wildman–Crippen LogP) is 1.60. The number of hydrogen-bond donors (Lipinski definition) is 0. The van der Waals surface area contributed by atoms with Crippen molar-refractivity contribution in [1.82, 2.24) is 9.21 Å². The summed E-state index contributed by atoms with van der Waals surface area (Å²) in [5.74, 6) is 0.402. The topological polar surface area (TPSA) is 57.7 Å². The molecule has 0 N–H and O–H groups in total. The molecular formula is C18H24N2O3S. The first-order valence-corrected chi connectivity index (χ1v) is 10.6. The molecule has 1 aliphatic carbocycles. The highest BCUT2D eigenvalue weighted by Crippen LogP contribution is 2.47. The average molecular weight is 348 g/mol. The molecule has 1 aromatic rings. The van der Waals surface area contributed by atoms with Crippen molar-refractivity contribution in [3.8, 4) is 0 Å². The number of hydrogen-bond acceptors (Lipinski definition) is 3. The molecule has 1 saturated carbocycles. The van der Waals surface area contributed by atoms with Crippen molar-refractivity contribution < 1.29 is 13.2 Å². The van der Waals surface area contributed by atoms with Crippen LogP contribution in [0.25, 0.3) is 0 Å². The molecule has 2 atom stereocenters. The summed E-state index contributed by atoms with van der Waals surface area (Å²) in [5, 5.41) is 0. The monoisotopic (exact) mass is 348 g/mol. The highest BCUT2D eigenvalue weighted by atomic mass is 32.2. The number of rotatable bonds is 3. The number of benzene rings is 1. The maximum atomic E-state index is 12.5. The van der Waals surface area contributed by atoms with Crippen LogP contribution in [-0.2, 0) is 20.2 Å². The van der Waals surface area contributed by atoms with E-state index in [1.807, 2.05) is 23.1 Å². The van der Waals surface area contributed by atoms with E-state index in [1.165, 1.54) is 11.8 Å². The highest BCUT2D eigenvalue weighted by Gasteiger charge is 2.54. The Kier molecular flexibility index (Phi) is 3.73. The first-order valence-electron chi connectivity index (χ1n) is 8.73. The Labute approximate surface area is 143 Å². The number of nitrogens with zero attached hydrogens (tertiary/aromatic N) is 2. The number of fused-ring (bicyclic) bond motifs is 1. The van der Waals surface area contributed by atoms with E-state index in [9.17, 15) is 13.2 Å². The van der Waals surface area contributed by atoms with Crippen LogP contribution in [0.4, 0.5) is 0 Å².